The second-order valence-corrected chi connectivity index (χ2v) is 21.1. The molecule has 0 aromatic heterocycles. The molecule has 75 heavy (non-hydrogen) atoms. The molecule has 5 unspecified atom stereocenters. The molecule has 0 saturated heterocycles. The number of nitrogens with one attached hydrogen (secondary N) is 2. The van der Waals surface area contributed by atoms with E-state index in [4.69, 9.17) is 9.47 Å². The van der Waals surface area contributed by atoms with Gasteiger partial charge in [-0.25, -0.2) is 0 Å². The summed E-state index contributed by atoms with van der Waals surface area (Å²) in [7, 11) is 12.9. The van der Waals surface area contributed by atoms with Crippen molar-refractivity contribution in [2.24, 2.45) is 5.92 Å². The number of carbonyl (C=O) groups excluding carboxylic acids is 5. The van der Waals surface area contributed by atoms with Gasteiger partial charge < -0.3 is 46.2 Å². The lowest BCUT2D eigenvalue weighted by Gasteiger charge is -2.26. The predicted molar refractivity (Wildman–Crippen MR) is 309 cm³/mol. The monoisotopic (exact) mass is 1070 g/mol. The maximum absolute atomic E-state index is 13.0. The number of rotatable bonds is 33. The van der Waals surface area contributed by atoms with Crippen LogP contribution in [-0.4, -0.2) is 119 Å². The van der Waals surface area contributed by atoms with Crippen LogP contribution in [0.4, 0.5) is 0 Å². The molecule has 0 aliphatic rings. The average Bonchev–Trinajstić information content (AvgIpc) is 3.35. The molecule has 0 aliphatic heterocycles. The topological polar surface area (TPSA) is 137 Å². The van der Waals surface area contributed by atoms with Crippen LogP contribution in [0.25, 0.3) is 12.2 Å². The molecule has 2 aromatic carbocycles. The zero-order chi connectivity index (χ0) is 56.5. The van der Waals surface area contributed by atoms with E-state index in [1.807, 2.05) is 36.4 Å². The van der Waals surface area contributed by atoms with Crippen molar-refractivity contribution < 1.29 is 59.6 Å². The first-order valence-corrected chi connectivity index (χ1v) is 27.3. The Morgan fingerprint density at radius 3 is 1.29 bits per heavy atom. The Bertz CT molecular complexity index is 1860. The second kappa shape index (κ2) is 44.1. The summed E-state index contributed by atoms with van der Waals surface area (Å²) in [6.45, 7) is 30.2. The number of quaternary nitrogens is 2. The van der Waals surface area contributed by atoms with Gasteiger partial charge >= 0.3 is 17.9 Å². The van der Waals surface area contributed by atoms with Gasteiger partial charge in [-0.1, -0.05) is 147 Å². The molecule has 0 spiro atoms. The zero-order valence-electron chi connectivity index (χ0n) is 49.1. The third-order valence-electron chi connectivity index (χ3n) is 12.4. The number of halogens is 1. The van der Waals surface area contributed by atoms with Crippen molar-refractivity contribution in [3.63, 3.8) is 0 Å². The van der Waals surface area contributed by atoms with Crippen LogP contribution in [0.5, 0.6) is 0 Å². The Hall–Kier alpha value is -5.04. The summed E-state index contributed by atoms with van der Waals surface area (Å²) in [5.41, 5.74) is 4.84. The number of hydrogen-bond acceptors (Lipinski definition) is 8. The lowest BCUT2D eigenvalue weighted by molar-refractivity contribution is -0.870. The Morgan fingerprint density at radius 1 is 0.547 bits per heavy atom. The van der Waals surface area contributed by atoms with Gasteiger partial charge in [-0.2, -0.15) is 0 Å². The summed E-state index contributed by atoms with van der Waals surface area (Å²) in [5.74, 6) is -0.115. The molecule has 12 nitrogen and oxygen atoms in total. The number of amides is 2. The van der Waals surface area contributed by atoms with Crippen LogP contribution in [0, 0.1) is 5.92 Å². The summed E-state index contributed by atoms with van der Waals surface area (Å²) in [6.07, 6.45) is 20.5. The Kier molecular flexibility index (Phi) is 43.7. The fourth-order valence-corrected chi connectivity index (χ4v) is 8.16. The molecular weight excluding hydrogens is 964 g/mol. The van der Waals surface area contributed by atoms with Gasteiger partial charge in [0.2, 0.25) is 11.8 Å². The van der Waals surface area contributed by atoms with Crippen molar-refractivity contribution in [3.8, 4) is 0 Å². The van der Waals surface area contributed by atoms with Crippen LogP contribution in [0.1, 0.15) is 179 Å². The van der Waals surface area contributed by atoms with Crippen LogP contribution >= 0.6 is 0 Å². The Balaban J connectivity index is -0.00000143. The molecule has 13 heteroatoms. The summed E-state index contributed by atoms with van der Waals surface area (Å²) >= 11 is 0. The highest BCUT2D eigenvalue weighted by Crippen LogP contribution is 2.34. The number of benzene rings is 2. The van der Waals surface area contributed by atoms with Gasteiger partial charge in [-0.05, 0) is 91.5 Å². The highest BCUT2D eigenvalue weighted by molar-refractivity contribution is 5.86. The van der Waals surface area contributed by atoms with E-state index >= 15 is 0 Å². The van der Waals surface area contributed by atoms with Gasteiger partial charge in [0.1, 0.15) is 12.2 Å². The standard InChI is InChI=1S/C39H68N2O5.C10H10.C9H18N2O.C4H6O2.ClH/c1-10-14-15-16-19-35(28-37(12-3)45-30(5)42)33-22-24-34(25-23-33)36(29-38(13-4)46-31(6)43)21-17-20-32(11-2)39(44)40-26-18-27-41(7,8)9;1-3-9-5-7-10(4-2)8-6-9;1-5-9(12)10-7-6-8-11(2,3)4;1-3-6-4(2)5;/h22-25,32,35-38H,10-21,26-29H2,1-9H3;3-8H,1-2H2;5H,1,6-8H2,2-4H3;3H,1H2,2H3;1H/p+1. The molecule has 5 atom stereocenters. The van der Waals surface area contributed by atoms with E-state index in [1.165, 1.54) is 63.7 Å². The molecule has 2 rings (SSSR count). The van der Waals surface area contributed by atoms with E-state index in [0.717, 1.165) is 123 Å². The number of unbranched alkanes of at least 4 members (excludes halogenated alkanes) is 3. The van der Waals surface area contributed by atoms with Crippen molar-refractivity contribution in [2.75, 3.05) is 68.5 Å². The maximum Gasteiger partial charge on any atom is 0.307 e. The average molecular weight is 1070 g/mol. The van der Waals surface area contributed by atoms with Crippen LogP contribution in [0.2, 0.25) is 0 Å². The number of carbonyl (C=O) groups is 5. The largest absolute Gasteiger partial charge is 1.00 e. The van der Waals surface area contributed by atoms with Gasteiger partial charge in [0, 0.05) is 52.6 Å². The van der Waals surface area contributed by atoms with Gasteiger partial charge in [0.25, 0.3) is 0 Å². The fraction of sp³-hybridized carbons (Fsp3) is 0.597. The normalized spacial score (nSPS) is 12.7. The van der Waals surface area contributed by atoms with Crippen molar-refractivity contribution in [1.82, 2.24) is 10.6 Å². The molecule has 0 heterocycles. The molecule has 0 saturated carbocycles. The highest BCUT2D eigenvalue weighted by atomic mass is 35.5. The van der Waals surface area contributed by atoms with Gasteiger partial charge in [0.15, 0.2) is 0 Å². The predicted octanol–water partition coefficient (Wildman–Crippen LogP) is 9.75. The first-order valence-electron chi connectivity index (χ1n) is 27.3. The van der Waals surface area contributed by atoms with E-state index in [9.17, 15) is 24.0 Å². The van der Waals surface area contributed by atoms with Crippen LogP contribution in [-0.2, 0) is 38.2 Å². The molecule has 426 valence electrons. The zero-order valence-corrected chi connectivity index (χ0v) is 49.9. The van der Waals surface area contributed by atoms with Crippen LogP contribution in [0.3, 0.4) is 0 Å². The molecule has 0 aliphatic carbocycles. The highest BCUT2D eigenvalue weighted by Gasteiger charge is 2.24. The molecule has 0 radical (unpaired) electrons. The van der Waals surface area contributed by atoms with Crippen molar-refractivity contribution in [3.05, 3.63) is 109 Å². The number of hydrogen-bond donors (Lipinski definition) is 2. The quantitative estimate of drug-likeness (QED) is 0.0180. The summed E-state index contributed by atoms with van der Waals surface area (Å²) in [5, 5.41) is 5.91. The summed E-state index contributed by atoms with van der Waals surface area (Å²) in [4.78, 5) is 57.0. The fourth-order valence-electron chi connectivity index (χ4n) is 8.16. The number of ether oxygens (including phenoxy) is 3. The van der Waals surface area contributed by atoms with Crippen molar-refractivity contribution in [2.45, 2.75) is 169 Å². The smallest absolute Gasteiger partial charge is 0.307 e. The number of esters is 3. The van der Waals surface area contributed by atoms with Crippen LogP contribution in [0.15, 0.2) is 87.2 Å². The Morgan fingerprint density at radius 2 is 0.973 bits per heavy atom. The van der Waals surface area contributed by atoms with E-state index in [1.54, 1.807) is 0 Å². The lowest BCUT2D eigenvalue weighted by Crippen LogP contribution is -3.00. The van der Waals surface area contributed by atoms with E-state index < -0.39 is 0 Å². The lowest BCUT2D eigenvalue weighted by atomic mass is 9.83. The minimum atomic E-state index is -0.329. The third-order valence-corrected chi connectivity index (χ3v) is 12.4. The van der Waals surface area contributed by atoms with Crippen molar-refractivity contribution >= 4 is 41.9 Å². The Labute approximate surface area is 462 Å². The molecule has 2 amide bonds. The molecule has 0 bridgehead atoms. The van der Waals surface area contributed by atoms with Crippen molar-refractivity contribution in [1.29, 1.82) is 0 Å². The molecule has 0 fully saturated rings. The van der Waals surface area contributed by atoms with Gasteiger partial charge in [-0.15, -0.1) is 0 Å². The minimum absolute atomic E-state index is 0. The number of nitrogens with zero attached hydrogens (tertiary/aromatic N) is 2. The summed E-state index contributed by atoms with van der Waals surface area (Å²) in [6, 6.07) is 17.1. The minimum Gasteiger partial charge on any atom is -1.00 e. The van der Waals surface area contributed by atoms with Gasteiger partial charge in [-0.3, -0.25) is 24.0 Å². The molecule has 2 aromatic rings. The van der Waals surface area contributed by atoms with Crippen LogP contribution < -0.4 is 23.0 Å². The SMILES string of the molecule is C=CC(=O)NCCC[N+](C)(C)C.C=COC(C)=O.C=Cc1ccc(C=C)cc1.CCCCCCC(CC(CC)OC(C)=O)c1ccc(C(CCCC(CC)C(=O)NCCC[N+](C)(C)C)CC(CC)OC(C)=O)cc1.[Cl-]. The first-order chi connectivity index (χ1) is 34.9. The molecule has 2 N–H and O–H groups in total. The second-order valence-electron chi connectivity index (χ2n) is 21.1. The third kappa shape index (κ3) is 41.8. The van der Waals surface area contributed by atoms with Gasteiger partial charge in [0.05, 0.1) is 61.6 Å². The summed E-state index contributed by atoms with van der Waals surface area (Å²) < 4.78 is 17.3. The molecular formula is C62H104ClN4O8+. The van der Waals surface area contributed by atoms with E-state index in [0.29, 0.717) is 5.92 Å². The van der Waals surface area contributed by atoms with E-state index in [-0.39, 0.29) is 66.2 Å². The van der Waals surface area contributed by atoms with E-state index in [2.05, 4.69) is 136 Å². The maximum atomic E-state index is 13.0. The first kappa shape index (κ1) is 74.2.